The van der Waals surface area contributed by atoms with Crippen LogP contribution < -0.4 is 0 Å². The van der Waals surface area contributed by atoms with Gasteiger partial charge in [0.15, 0.2) is 6.39 Å². The van der Waals surface area contributed by atoms with E-state index in [1.165, 1.54) is 6.39 Å². The van der Waals surface area contributed by atoms with E-state index in [-0.39, 0.29) is 12.1 Å². The number of carbonyl (C=O) groups is 1. The third-order valence-electron chi connectivity index (χ3n) is 2.92. The molecule has 1 aliphatic rings. The van der Waals surface area contributed by atoms with Crippen molar-refractivity contribution in [3.8, 4) is 0 Å². The minimum Gasteiger partial charge on any atom is -0.451 e. The van der Waals surface area contributed by atoms with Gasteiger partial charge in [-0.25, -0.2) is 9.78 Å². The number of hydrogen-bond acceptors (Lipinski definition) is 4. The molecule has 0 unspecified atom stereocenters. The van der Waals surface area contributed by atoms with Gasteiger partial charge >= 0.3 is 6.09 Å². The topological polar surface area (TPSA) is 55.6 Å². The SMILES string of the molecule is CC(C)(C)OC(=O)N1CCCC[C@H]1c1cocn1. The zero-order valence-electron chi connectivity index (χ0n) is 11.2. The molecule has 1 amide bonds. The molecule has 0 N–H and O–H groups in total. The van der Waals surface area contributed by atoms with Crippen LogP contribution in [0.5, 0.6) is 0 Å². The normalized spacial score (nSPS) is 20.8. The first kappa shape index (κ1) is 12.9. The minimum atomic E-state index is -0.469. The van der Waals surface area contributed by atoms with Gasteiger partial charge in [0.05, 0.1) is 6.04 Å². The molecule has 18 heavy (non-hydrogen) atoms. The Kier molecular flexibility index (Phi) is 3.59. The van der Waals surface area contributed by atoms with Crippen molar-refractivity contribution >= 4 is 6.09 Å². The van der Waals surface area contributed by atoms with Crippen LogP contribution in [-0.4, -0.2) is 28.1 Å². The van der Waals surface area contributed by atoms with Crippen molar-refractivity contribution in [2.45, 2.75) is 51.7 Å². The van der Waals surface area contributed by atoms with Crippen LogP contribution in [0.1, 0.15) is 51.8 Å². The van der Waals surface area contributed by atoms with Gasteiger partial charge in [0.2, 0.25) is 0 Å². The first-order valence-corrected chi connectivity index (χ1v) is 6.35. The van der Waals surface area contributed by atoms with Crippen molar-refractivity contribution in [2.75, 3.05) is 6.54 Å². The van der Waals surface area contributed by atoms with Crippen molar-refractivity contribution in [1.29, 1.82) is 0 Å². The van der Waals surface area contributed by atoms with Crippen LogP contribution in [0.2, 0.25) is 0 Å². The van der Waals surface area contributed by atoms with Crippen LogP contribution in [0, 0.1) is 0 Å². The molecule has 1 atom stereocenters. The molecule has 0 aliphatic carbocycles. The monoisotopic (exact) mass is 252 g/mol. The fourth-order valence-electron chi connectivity index (χ4n) is 2.16. The number of amides is 1. The van der Waals surface area contributed by atoms with Crippen molar-refractivity contribution in [3.63, 3.8) is 0 Å². The summed E-state index contributed by atoms with van der Waals surface area (Å²) in [5, 5.41) is 0. The Hall–Kier alpha value is -1.52. The highest BCUT2D eigenvalue weighted by atomic mass is 16.6. The fourth-order valence-corrected chi connectivity index (χ4v) is 2.16. The lowest BCUT2D eigenvalue weighted by Crippen LogP contribution is -2.41. The molecule has 0 aromatic carbocycles. The highest BCUT2D eigenvalue weighted by molar-refractivity contribution is 5.68. The number of aromatic nitrogens is 1. The van der Waals surface area contributed by atoms with Gasteiger partial charge in [-0.1, -0.05) is 0 Å². The molecule has 0 saturated carbocycles. The summed E-state index contributed by atoms with van der Waals surface area (Å²) >= 11 is 0. The molecule has 2 rings (SSSR count). The van der Waals surface area contributed by atoms with E-state index in [9.17, 15) is 4.79 Å². The maximum atomic E-state index is 12.2. The Balaban J connectivity index is 2.11. The Labute approximate surface area is 107 Å². The van der Waals surface area contributed by atoms with E-state index >= 15 is 0 Å². The van der Waals surface area contributed by atoms with Gasteiger partial charge in [0.1, 0.15) is 17.6 Å². The molecular weight excluding hydrogens is 232 g/mol. The number of oxazole rings is 1. The molecule has 1 aromatic rings. The molecule has 0 radical (unpaired) electrons. The molecule has 0 spiro atoms. The summed E-state index contributed by atoms with van der Waals surface area (Å²) in [4.78, 5) is 18.1. The average Bonchev–Trinajstić information content (AvgIpc) is 2.80. The molecular formula is C13H20N2O3. The second-order valence-electron chi connectivity index (χ2n) is 5.60. The van der Waals surface area contributed by atoms with E-state index in [4.69, 9.17) is 9.15 Å². The van der Waals surface area contributed by atoms with E-state index < -0.39 is 5.60 Å². The van der Waals surface area contributed by atoms with Crippen molar-refractivity contribution in [2.24, 2.45) is 0 Å². The van der Waals surface area contributed by atoms with Crippen molar-refractivity contribution in [3.05, 3.63) is 18.4 Å². The Morgan fingerprint density at radius 1 is 1.50 bits per heavy atom. The molecule has 2 heterocycles. The number of piperidine rings is 1. The van der Waals surface area contributed by atoms with Gasteiger partial charge in [0, 0.05) is 6.54 Å². The molecule has 1 aromatic heterocycles. The van der Waals surface area contributed by atoms with Crippen LogP contribution in [0.25, 0.3) is 0 Å². The van der Waals surface area contributed by atoms with E-state index in [0.717, 1.165) is 25.0 Å². The highest BCUT2D eigenvalue weighted by Crippen LogP contribution is 2.31. The van der Waals surface area contributed by atoms with Crippen LogP contribution in [-0.2, 0) is 4.74 Å². The van der Waals surface area contributed by atoms with E-state index in [1.54, 1.807) is 11.2 Å². The Morgan fingerprint density at radius 2 is 2.28 bits per heavy atom. The van der Waals surface area contributed by atoms with Crippen LogP contribution in [0.15, 0.2) is 17.1 Å². The number of rotatable bonds is 1. The number of likely N-dealkylation sites (tertiary alicyclic amines) is 1. The summed E-state index contributed by atoms with van der Waals surface area (Å²) in [6, 6.07) is -0.0210. The largest absolute Gasteiger partial charge is 0.451 e. The number of nitrogens with zero attached hydrogens (tertiary/aromatic N) is 2. The lowest BCUT2D eigenvalue weighted by molar-refractivity contribution is 0.00901. The fraction of sp³-hybridized carbons (Fsp3) is 0.692. The third kappa shape index (κ3) is 3.03. The van der Waals surface area contributed by atoms with Crippen LogP contribution >= 0.6 is 0 Å². The van der Waals surface area contributed by atoms with Crippen LogP contribution in [0.4, 0.5) is 4.79 Å². The second-order valence-corrected chi connectivity index (χ2v) is 5.60. The van der Waals surface area contributed by atoms with E-state index in [1.807, 2.05) is 20.8 Å². The van der Waals surface area contributed by atoms with Crippen LogP contribution in [0.3, 0.4) is 0 Å². The lowest BCUT2D eigenvalue weighted by atomic mass is 10.0. The average molecular weight is 252 g/mol. The first-order chi connectivity index (χ1) is 8.47. The summed E-state index contributed by atoms with van der Waals surface area (Å²) in [7, 11) is 0. The summed E-state index contributed by atoms with van der Waals surface area (Å²) < 4.78 is 10.4. The molecule has 1 fully saturated rings. The second kappa shape index (κ2) is 5.00. The molecule has 1 aliphatic heterocycles. The highest BCUT2D eigenvalue weighted by Gasteiger charge is 2.32. The molecule has 100 valence electrons. The van der Waals surface area contributed by atoms with Crippen molar-refractivity contribution in [1.82, 2.24) is 9.88 Å². The summed E-state index contributed by atoms with van der Waals surface area (Å²) in [6.07, 6.45) is 5.75. The van der Waals surface area contributed by atoms with Gasteiger partial charge in [-0.3, -0.25) is 4.90 Å². The number of hydrogen-bond donors (Lipinski definition) is 0. The van der Waals surface area contributed by atoms with E-state index in [0.29, 0.717) is 6.54 Å². The Morgan fingerprint density at radius 3 is 2.89 bits per heavy atom. The van der Waals surface area contributed by atoms with E-state index in [2.05, 4.69) is 4.98 Å². The molecule has 0 bridgehead atoms. The number of carbonyl (C=O) groups excluding carboxylic acids is 1. The smallest absolute Gasteiger partial charge is 0.410 e. The predicted molar refractivity (Wildman–Crippen MR) is 66.0 cm³/mol. The van der Waals surface area contributed by atoms with Crippen molar-refractivity contribution < 1.29 is 13.9 Å². The van der Waals surface area contributed by atoms with Gasteiger partial charge in [-0.2, -0.15) is 0 Å². The first-order valence-electron chi connectivity index (χ1n) is 6.35. The minimum absolute atomic E-state index is 0.0210. The third-order valence-corrected chi connectivity index (χ3v) is 2.92. The maximum absolute atomic E-state index is 12.2. The summed E-state index contributed by atoms with van der Waals surface area (Å²) in [5.41, 5.74) is 0.337. The number of ether oxygens (including phenoxy) is 1. The molecule has 5 nitrogen and oxygen atoms in total. The molecule has 1 saturated heterocycles. The van der Waals surface area contributed by atoms with Gasteiger partial charge in [-0.05, 0) is 40.0 Å². The van der Waals surface area contributed by atoms with Gasteiger partial charge in [0.25, 0.3) is 0 Å². The van der Waals surface area contributed by atoms with Gasteiger partial charge in [-0.15, -0.1) is 0 Å². The van der Waals surface area contributed by atoms with Gasteiger partial charge < -0.3 is 9.15 Å². The lowest BCUT2D eigenvalue weighted by Gasteiger charge is -2.35. The summed E-state index contributed by atoms with van der Waals surface area (Å²) in [5.74, 6) is 0. The standard InChI is InChI=1S/C13H20N2O3/c1-13(2,3)18-12(16)15-7-5-4-6-11(15)10-8-17-9-14-10/h8-9,11H,4-7H2,1-3H3/t11-/m0/s1. The summed E-state index contributed by atoms with van der Waals surface area (Å²) in [6.45, 7) is 6.34. The zero-order valence-corrected chi connectivity index (χ0v) is 11.2. The zero-order chi connectivity index (χ0) is 13.2. The Bertz CT molecular complexity index is 395. The predicted octanol–water partition coefficient (Wildman–Crippen LogP) is 3.14. The molecule has 5 heteroatoms. The maximum Gasteiger partial charge on any atom is 0.410 e. The quantitative estimate of drug-likeness (QED) is 0.770.